The number of nitrogens with zero attached hydrogens (tertiary/aromatic N) is 2. The fraction of sp³-hybridized carbons (Fsp3) is 0.267. The zero-order valence-corrected chi connectivity index (χ0v) is 13.2. The average molecular weight is 318 g/mol. The maximum Gasteiger partial charge on any atom is 0.315 e. The summed E-state index contributed by atoms with van der Waals surface area (Å²) in [6.07, 6.45) is 1.47. The Morgan fingerprint density at radius 3 is 2.68 bits per heavy atom. The minimum atomic E-state index is -0.367. The highest BCUT2D eigenvalue weighted by Gasteiger charge is 2.16. The van der Waals surface area contributed by atoms with Gasteiger partial charge in [0.15, 0.2) is 0 Å². The van der Waals surface area contributed by atoms with Crippen molar-refractivity contribution < 1.29 is 19.0 Å². The highest BCUT2D eigenvalue weighted by atomic mass is 32.2. The van der Waals surface area contributed by atoms with Crippen LogP contribution in [-0.2, 0) is 9.53 Å². The number of benzene rings is 1. The summed E-state index contributed by atoms with van der Waals surface area (Å²) in [5, 5.41) is 9.97. The van der Waals surface area contributed by atoms with Crippen molar-refractivity contribution in [1.82, 2.24) is 4.98 Å². The normalized spacial score (nSPS) is 10.1. The first kappa shape index (κ1) is 15.9. The number of thioether (sulfide) groups is 1. The second kappa shape index (κ2) is 7.00. The van der Waals surface area contributed by atoms with Crippen molar-refractivity contribution in [1.29, 1.82) is 5.26 Å². The lowest BCUT2D eigenvalue weighted by atomic mass is 10.1. The average Bonchev–Trinajstić information content (AvgIpc) is 2.57. The second-order valence-electron chi connectivity index (χ2n) is 4.20. The van der Waals surface area contributed by atoms with Gasteiger partial charge in [0, 0.05) is 22.5 Å². The van der Waals surface area contributed by atoms with Gasteiger partial charge in [0.25, 0.3) is 0 Å². The van der Waals surface area contributed by atoms with Gasteiger partial charge in [-0.3, -0.25) is 9.78 Å². The van der Waals surface area contributed by atoms with E-state index in [0.29, 0.717) is 32.9 Å². The Labute approximate surface area is 132 Å². The van der Waals surface area contributed by atoms with Crippen molar-refractivity contribution in [3.05, 3.63) is 23.9 Å². The minimum absolute atomic E-state index is 0.101. The molecule has 0 atom stereocenters. The van der Waals surface area contributed by atoms with E-state index >= 15 is 0 Å². The number of hydrogen-bond donors (Lipinski definition) is 0. The van der Waals surface area contributed by atoms with Gasteiger partial charge in [-0.05, 0) is 6.07 Å². The van der Waals surface area contributed by atoms with Crippen molar-refractivity contribution in [2.75, 3.05) is 27.1 Å². The summed E-state index contributed by atoms with van der Waals surface area (Å²) in [6, 6.07) is 5.57. The first-order chi connectivity index (χ1) is 10.6. The molecule has 7 heteroatoms. The van der Waals surface area contributed by atoms with Crippen LogP contribution in [0.15, 0.2) is 23.2 Å². The first-order valence-corrected chi connectivity index (χ1v) is 7.27. The highest BCUT2D eigenvalue weighted by molar-refractivity contribution is 8.00. The lowest BCUT2D eigenvalue weighted by molar-refractivity contribution is -0.137. The predicted molar refractivity (Wildman–Crippen MR) is 82.3 cm³/mol. The van der Waals surface area contributed by atoms with Gasteiger partial charge in [-0.2, -0.15) is 5.26 Å². The van der Waals surface area contributed by atoms with Crippen LogP contribution in [0, 0.1) is 11.3 Å². The van der Waals surface area contributed by atoms with Gasteiger partial charge in [0.05, 0.1) is 32.6 Å². The largest absolute Gasteiger partial charge is 0.497 e. The fourth-order valence-corrected chi connectivity index (χ4v) is 2.87. The Bertz CT molecular complexity index is 755. The minimum Gasteiger partial charge on any atom is -0.497 e. The molecule has 0 radical (unpaired) electrons. The zero-order chi connectivity index (χ0) is 16.1. The van der Waals surface area contributed by atoms with Crippen LogP contribution in [0.4, 0.5) is 0 Å². The number of fused-ring (bicyclic) bond motifs is 1. The Hall–Kier alpha value is -2.46. The first-order valence-electron chi connectivity index (χ1n) is 6.29. The van der Waals surface area contributed by atoms with Gasteiger partial charge >= 0.3 is 5.97 Å². The molecule has 0 aliphatic carbocycles. The molecule has 0 aliphatic rings. The molecule has 0 spiro atoms. The van der Waals surface area contributed by atoms with Crippen molar-refractivity contribution in [2.24, 2.45) is 0 Å². The van der Waals surface area contributed by atoms with Gasteiger partial charge in [0.2, 0.25) is 0 Å². The maximum atomic E-state index is 11.4. The Kier molecular flexibility index (Phi) is 5.07. The third-order valence-corrected chi connectivity index (χ3v) is 4.11. The molecule has 1 aromatic heterocycles. The Balaban J connectivity index is 2.64. The monoisotopic (exact) mass is 318 g/mol. The number of aromatic nitrogens is 1. The van der Waals surface area contributed by atoms with Gasteiger partial charge in [-0.15, -0.1) is 11.8 Å². The Morgan fingerprint density at radius 2 is 2.09 bits per heavy atom. The quantitative estimate of drug-likeness (QED) is 0.618. The van der Waals surface area contributed by atoms with E-state index in [1.54, 1.807) is 19.2 Å². The molecular formula is C15H14N2O4S. The molecule has 1 aromatic carbocycles. The molecule has 0 fully saturated rings. The predicted octanol–water partition coefficient (Wildman–Crippen LogP) is 2.39. The van der Waals surface area contributed by atoms with Crippen LogP contribution in [-0.4, -0.2) is 38.0 Å². The number of pyridine rings is 1. The third-order valence-electron chi connectivity index (χ3n) is 3.00. The maximum absolute atomic E-state index is 11.4. The molecular weight excluding hydrogens is 304 g/mol. The number of hydrogen-bond acceptors (Lipinski definition) is 7. The van der Waals surface area contributed by atoms with Crippen LogP contribution in [0.5, 0.6) is 11.5 Å². The lowest BCUT2D eigenvalue weighted by Gasteiger charge is -2.12. The number of ether oxygens (including phenoxy) is 3. The number of carbonyl (C=O) groups excluding carboxylic acids is 1. The molecule has 0 unspecified atom stereocenters. The van der Waals surface area contributed by atoms with E-state index in [9.17, 15) is 10.1 Å². The standard InChI is InChI=1S/C15H14N2O4S/c1-19-10-4-11-14(12(5-10)20-2)17-7-9(6-16)15(11)22-8-13(18)21-3/h4-5,7H,8H2,1-3H3. The Morgan fingerprint density at radius 1 is 1.32 bits per heavy atom. The summed E-state index contributed by atoms with van der Waals surface area (Å²) >= 11 is 1.22. The molecule has 0 N–H and O–H groups in total. The van der Waals surface area contributed by atoms with Crippen LogP contribution in [0.25, 0.3) is 10.9 Å². The van der Waals surface area contributed by atoms with E-state index in [0.717, 1.165) is 0 Å². The smallest absolute Gasteiger partial charge is 0.315 e. The van der Waals surface area contributed by atoms with Crippen molar-refractivity contribution in [3.63, 3.8) is 0 Å². The SMILES string of the molecule is COC(=O)CSc1c(C#N)cnc2c(OC)cc(OC)cc12. The third kappa shape index (κ3) is 3.07. The van der Waals surface area contributed by atoms with E-state index < -0.39 is 0 Å². The number of carbonyl (C=O) groups is 1. The van der Waals surface area contributed by atoms with Crippen LogP contribution in [0.2, 0.25) is 0 Å². The van der Waals surface area contributed by atoms with Crippen molar-refractivity contribution >= 4 is 28.6 Å². The zero-order valence-electron chi connectivity index (χ0n) is 12.4. The summed E-state index contributed by atoms with van der Waals surface area (Å²) in [6.45, 7) is 0. The summed E-state index contributed by atoms with van der Waals surface area (Å²) < 4.78 is 15.2. The van der Waals surface area contributed by atoms with E-state index in [1.165, 1.54) is 32.2 Å². The second-order valence-corrected chi connectivity index (χ2v) is 5.19. The van der Waals surface area contributed by atoms with Gasteiger partial charge in [-0.25, -0.2) is 0 Å². The molecule has 1 heterocycles. The number of esters is 1. The summed E-state index contributed by atoms with van der Waals surface area (Å²) in [4.78, 5) is 16.3. The van der Waals surface area contributed by atoms with E-state index in [1.807, 2.05) is 0 Å². The topological polar surface area (TPSA) is 81.4 Å². The molecule has 0 aliphatic heterocycles. The molecule has 6 nitrogen and oxygen atoms in total. The molecule has 0 saturated carbocycles. The fourth-order valence-electron chi connectivity index (χ4n) is 1.92. The number of nitriles is 1. The van der Waals surface area contributed by atoms with Crippen LogP contribution < -0.4 is 9.47 Å². The van der Waals surface area contributed by atoms with Crippen molar-refractivity contribution in [2.45, 2.75) is 4.90 Å². The molecule has 2 aromatic rings. The molecule has 2 rings (SSSR count). The molecule has 22 heavy (non-hydrogen) atoms. The van der Waals surface area contributed by atoms with Gasteiger partial charge in [-0.1, -0.05) is 0 Å². The van der Waals surface area contributed by atoms with E-state index in [4.69, 9.17) is 9.47 Å². The van der Waals surface area contributed by atoms with Crippen LogP contribution >= 0.6 is 11.8 Å². The molecule has 0 amide bonds. The number of rotatable bonds is 5. The van der Waals surface area contributed by atoms with Crippen molar-refractivity contribution in [3.8, 4) is 17.6 Å². The van der Waals surface area contributed by atoms with Gasteiger partial charge < -0.3 is 14.2 Å². The molecule has 0 bridgehead atoms. The summed E-state index contributed by atoms with van der Waals surface area (Å²) in [5.74, 6) is 0.859. The van der Waals surface area contributed by atoms with Gasteiger partial charge in [0.1, 0.15) is 23.1 Å². The van der Waals surface area contributed by atoms with Crippen LogP contribution in [0.1, 0.15) is 5.56 Å². The lowest BCUT2D eigenvalue weighted by Crippen LogP contribution is -2.03. The highest BCUT2D eigenvalue weighted by Crippen LogP contribution is 2.37. The summed E-state index contributed by atoms with van der Waals surface area (Å²) in [5.41, 5.74) is 0.992. The summed E-state index contributed by atoms with van der Waals surface area (Å²) in [7, 11) is 4.41. The van der Waals surface area contributed by atoms with E-state index in [2.05, 4.69) is 15.8 Å². The number of methoxy groups -OCH3 is 3. The van der Waals surface area contributed by atoms with Crippen LogP contribution in [0.3, 0.4) is 0 Å². The molecule has 114 valence electrons. The molecule has 0 saturated heterocycles. The van der Waals surface area contributed by atoms with E-state index in [-0.39, 0.29) is 11.7 Å².